The molecule has 1 heterocycles. The summed E-state index contributed by atoms with van der Waals surface area (Å²) in [6.07, 6.45) is 5.47. The molecule has 1 aliphatic rings. The molecule has 1 fully saturated rings. The number of aryl methyl sites for hydroxylation is 1. The monoisotopic (exact) mass is 284 g/mol. The normalized spacial score (nSPS) is 16.0. The molecule has 1 aromatic carbocycles. The van der Waals surface area contributed by atoms with Crippen LogP contribution in [0.5, 0.6) is 0 Å². The van der Waals surface area contributed by atoms with Crippen LogP contribution in [0.15, 0.2) is 24.3 Å². The average Bonchev–Trinajstić information content (AvgIpc) is 3.04. The molecular weight excluding hydrogens is 260 g/mol. The summed E-state index contributed by atoms with van der Waals surface area (Å²) in [4.78, 5) is 2.48. The van der Waals surface area contributed by atoms with E-state index < -0.39 is 0 Å². The zero-order valence-electron chi connectivity index (χ0n) is 13.0. The van der Waals surface area contributed by atoms with E-state index in [1.54, 1.807) is 0 Å². The Bertz CT molecular complexity index is 605. The number of nitrogens with zero attached hydrogens (tertiary/aromatic N) is 3. The number of fused-ring (bicyclic) bond motifs is 1. The quantitative estimate of drug-likeness (QED) is 0.915. The minimum absolute atomic E-state index is 0.771. The van der Waals surface area contributed by atoms with E-state index in [2.05, 4.69) is 51.7 Å². The Kier molecular flexibility index (Phi) is 4.34. The van der Waals surface area contributed by atoms with E-state index in [0.29, 0.717) is 0 Å². The van der Waals surface area contributed by atoms with Crippen molar-refractivity contribution in [2.24, 2.45) is 0 Å². The summed E-state index contributed by atoms with van der Waals surface area (Å²) in [6, 6.07) is 9.09. The molecule has 0 unspecified atom stereocenters. The summed E-state index contributed by atoms with van der Waals surface area (Å²) in [7, 11) is 2.23. The molecule has 21 heavy (non-hydrogen) atoms. The predicted octanol–water partition coefficient (Wildman–Crippen LogP) is 3.22. The molecule has 2 aromatic rings. The molecule has 1 aliphatic carbocycles. The summed E-state index contributed by atoms with van der Waals surface area (Å²) in [5.74, 6) is 0.899. The number of nitrogens with one attached hydrogen (secondary N) is 1. The van der Waals surface area contributed by atoms with E-state index in [0.717, 1.165) is 36.0 Å². The van der Waals surface area contributed by atoms with Gasteiger partial charge in [-0.15, -0.1) is 5.10 Å². The SMILES string of the molecule is Cc1nnc(NCCN(C)C2CCCC2)c2ccccc12. The Morgan fingerprint density at radius 3 is 2.62 bits per heavy atom. The maximum Gasteiger partial charge on any atom is 0.156 e. The lowest BCUT2D eigenvalue weighted by Gasteiger charge is -2.24. The molecule has 0 atom stereocenters. The van der Waals surface area contributed by atoms with Crippen LogP contribution < -0.4 is 5.32 Å². The first-order valence-corrected chi connectivity index (χ1v) is 7.92. The molecule has 1 aromatic heterocycles. The topological polar surface area (TPSA) is 41.1 Å². The molecule has 0 saturated heterocycles. The van der Waals surface area contributed by atoms with Crippen LogP contribution >= 0.6 is 0 Å². The molecule has 0 spiro atoms. The molecule has 1 N–H and O–H groups in total. The first-order chi connectivity index (χ1) is 10.3. The van der Waals surface area contributed by atoms with Crippen LogP contribution in [0.25, 0.3) is 10.8 Å². The van der Waals surface area contributed by atoms with Crippen molar-refractivity contribution in [3.63, 3.8) is 0 Å². The third-order valence-corrected chi connectivity index (χ3v) is 4.58. The van der Waals surface area contributed by atoms with Crippen LogP contribution in [0.4, 0.5) is 5.82 Å². The van der Waals surface area contributed by atoms with Gasteiger partial charge in [0.1, 0.15) is 0 Å². The van der Waals surface area contributed by atoms with Gasteiger partial charge in [0.25, 0.3) is 0 Å². The summed E-state index contributed by atoms with van der Waals surface area (Å²) in [5.41, 5.74) is 0.985. The highest BCUT2D eigenvalue weighted by Crippen LogP contribution is 2.23. The van der Waals surface area contributed by atoms with E-state index in [1.807, 2.05) is 6.92 Å². The van der Waals surface area contributed by atoms with E-state index in [1.165, 1.54) is 31.1 Å². The van der Waals surface area contributed by atoms with Gasteiger partial charge in [-0.1, -0.05) is 37.1 Å². The molecule has 4 heteroatoms. The van der Waals surface area contributed by atoms with Crippen molar-refractivity contribution in [3.8, 4) is 0 Å². The van der Waals surface area contributed by atoms with Crippen molar-refractivity contribution in [3.05, 3.63) is 30.0 Å². The van der Waals surface area contributed by atoms with E-state index in [4.69, 9.17) is 0 Å². The van der Waals surface area contributed by atoms with Crippen molar-refractivity contribution in [2.45, 2.75) is 38.6 Å². The summed E-state index contributed by atoms with van der Waals surface area (Å²) in [6.45, 7) is 3.97. The van der Waals surface area contributed by atoms with Gasteiger partial charge in [0.05, 0.1) is 5.69 Å². The average molecular weight is 284 g/mol. The summed E-state index contributed by atoms with van der Waals surface area (Å²) >= 11 is 0. The minimum Gasteiger partial charge on any atom is -0.367 e. The summed E-state index contributed by atoms with van der Waals surface area (Å²) < 4.78 is 0. The third kappa shape index (κ3) is 3.16. The first-order valence-electron chi connectivity index (χ1n) is 7.92. The van der Waals surface area contributed by atoms with Gasteiger partial charge in [0.2, 0.25) is 0 Å². The van der Waals surface area contributed by atoms with E-state index >= 15 is 0 Å². The molecule has 4 nitrogen and oxygen atoms in total. The second-order valence-electron chi connectivity index (χ2n) is 6.03. The van der Waals surface area contributed by atoms with E-state index in [9.17, 15) is 0 Å². The van der Waals surface area contributed by atoms with E-state index in [-0.39, 0.29) is 0 Å². The van der Waals surface area contributed by atoms with Gasteiger partial charge in [0.15, 0.2) is 5.82 Å². The maximum absolute atomic E-state index is 4.32. The van der Waals surface area contributed by atoms with Crippen LogP contribution in [0.1, 0.15) is 31.4 Å². The zero-order chi connectivity index (χ0) is 14.7. The van der Waals surface area contributed by atoms with Crippen molar-refractivity contribution in [1.82, 2.24) is 15.1 Å². The van der Waals surface area contributed by atoms with Gasteiger partial charge in [0, 0.05) is 29.9 Å². The molecule has 0 bridgehead atoms. The fraction of sp³-hybridized carbons (Fsp3) is 0.529. The predicted molar refractivity (Wildman–Crippen MR) is 87.7 cm³/mol. The van der Waals surface area contributed by atoms with Crippen molar-refractivity contribution >= 4 is 16.6 Å². The molecular formula is C17H24N4. The number of likely N-dealkylation sites (N-methyl/N-ethyl adjacent to an activating group) is 1. The molecule has 1 saturated carbocycles. The molecule has 0 radical (unpaired) electrons. The van der Waals surface area contributed by atoms with Gasteiger partial charge in [-0.05, 0) is 26.8 Å². The van der Waals surface area contributed by atoms with Crippen LogP contribution in [-0.4, -0.2) is 41.3 Å². The van der Waals surface area contributed by atoms with Crippen LogP contribution in [-0.2, 0) is 0 Å². The zero-order valence-corrected chi connectivity index (χ0v) is 13.0. The van der Waals surface area contributed by atoms with Gasteiger partial charge in [-0.3, -0.25) is 0 Å². The van der Waals surface area contributed by atoms with Gasteiger partial charge in [-0.2, -0.15) is 5.10 Å². The molecule has 0 amide bonds. The Labute approximate surface area is 126 Å². The lowest BCUT2D eigenvalue weighted by molar-refractivity contribution is 0.254. The maximum atomic E-state index is 4.32. The number of hydrogen-bond acceptors (Lipinski definition) is 4. The Morgan fingerprint density at radius 1 is 1.14 bits per heavy atom. The highest BCUT2D eigenvalue weighted by atomic mass is 15.2. The Morgan fingerprint density at radius 2 is 1.86 bits per heavy atom. The van der Waals surface area contributed by atoms with Gasteiger partial charge in [-0.25, -0.2) is 0 Å². The Balaban J connectivity index is 1.64. The van der Waals surface area contributed by atoms with Gasteiger partial charge >= 0.3 is 0 Å². The Hall–Kier alpha value is -1.68. The highest BCUT2D eigenvalue weighted by Gasteiger charge is 2.18. The van der Waals surface area contributed by atoms with Crippen molar-refractivity contribution in [1.29, 1.82) is 0 Å². The standard InChI is InChI=1S/C17H24N4/c1-13-15-9-5-6-10-16(15)17(20-19-13)18-11-12-21(2)14-7-3-4-8-14/h5-6,9-10,14H,3-4,7-8,11-12H2,1-2H3,(H,18,20). The first kappa shape index (κ1) is 14.3. The number of anilines is 1. The van der Waals surface area contributed by atoms with Crippen LogP contribution in [0.2, 0.25) is 0 Å². The number of aromatic nitrogens is 2. The smallest absolute Gasteiger partial charge is 0.156 e. The molecule has 112 valence electrons. The van der Waals surface area contributed by atoms with Crippen molar-refractivity contribution < 1.29 is 0 Å². The lowest BCUT2D eigenvalue weighted by atomic mass is 10.1. The lowest BCUT2D eigenvalue weighted by Crippen LogP contribution is -2.33. The second-order valence-corrected chi connectivity index (χ2v) is 6.03. The van der Waals surface area contributed by atoms with Gasteiger partial charge < -0.3 is 10.2 Å². The highest BCUT2D eigenvalue weighted by molar-refractivity contribution is 5.92. The molecule has 3 rings (SSSR count). The van der Waals surface area contributed by atoms with Crippen LogP contribution in [0, 0.1) is 6.92 Å². The fourth-order valence-electron chi connectivity index (χ4n) is 3.25. The van der Waals surface area contributed by atoms with Crippen LogP contribution in [0.3, 0.4) is 0 Å². The third-order valence-electron chi connectivity index (χ3n) is 4.58. The summed E-state index contributed by atoms with van der Waals surface area (Å²) in [5, 5.41) is 14.4. The number of rotatable bonds is 5. The van der Waals surface area contributed by atoms with Crippen molar-refractivity contribution in [2.75, 3.05) is 25.5 Å². The largest absolute Gasteiger partial charge is 0.367 e. The second kappa shape index (κ2) is 6.39. The number of hydrogen-bond donors (Lipinski definition) is 1. The fourth-order valence-corrected chi connectivity index (χ4v) is 3.25. The minimum atomic E-state index is 0.771. The number of benzene rings is 1. The molecule has 0 aliphatic heterocycles.